The van der Waals surface area contributed by atoms with Crippen molar-refractivity contribution in [1.82, 2.24) is 0 Å². The van der Waals surface area contributed by atoms with Crippen LogP contribution in [0, 0.1) is 0 Å². The first-order valence-corrected chi connectivity index (χ1v) is 8.62. The van der Waals surface area contributed by atoms with E-state index in [0.29, 0.717) is 29.9 Å². The minimum atomic E-state index is -1.47. The monoisotopic (exact) mass is 370 g/mol. The van der Waals surface area contributed by atoms with Crippen molar-refractivity contribution >= 4 is 11.8 Å². The van der Waals surface area contributed by atoms with Gasteiger partial charge < -0.3 is 19.3 Å². The molecule has 2 aromatic rings. The van der Waals surface area contributed by atoms with E-state index in [2.05, 4.69) is 0 Å². The Kier molecular flexibility index (Phi) is 4.83. The van der Waals surface area contributed by atoms with Gasteiger partial charge in [0, 0.05) is 17.5 Å². The third-order valence-corrected chi connectivity index (χ3v) is 4.71. The Bertz CT molecular complexity index is 913. The van der Waals surface area contributed by atoms with Gasteiger partial charge in [-0.1, -0.05) is 18.2 Å². The average Bonchev–Trinajstić information content (AvgIpc) is 3.01. The second-order valence-corrected chi connectivity index (χ2v) is 6.89. The maximum atomic E-state index is 11.9. The van der Waals surface area contributed by atoms with Crippen LogP contribution < -0.4 is 14.2 Å². The molecule has 1 N–H and O–H groups in total. The number of carbonyl (C=O) groups is 2. The molecule has 0 spiro atoms. The maximum absolute atomic E-state index is 11.9. The van der Waals surface area contributed by atoms with Crippen molar-refractivity contribution < 1.29 is 28.9 Å². The normalized spacial score (nSPS) is 13.3. The molecule has 6 heteroatoms. The third kappa shape index (κ3) is 3.35. The second kappa shape index (κ2) is 6.95. The van der Waals surface area contributed by atoms with E-state index in [1.165, 1.54) is 28.1 Å². The summed E-state index contributed by atoms with van der Waals surface area (Å²) in [5, 5.41) is 9.48. The molecule has 0 amide bonds. The Morgan fingerprint density at radius 2 is 1.70 bits per heavy atom. The van der Waals surface area contributed by atoms with Crippen LogP contribution >= 0.6 is 0 Å². The van der Waals surface area contributed by atoms with Crippen LogP contribution in [0.15, 0.2) is 30.3 Å². The molecule has 6 nitrogen and oxygen atoms in total. The first kappa shape index (κ1) is 18.8. The molecule has 1 aliphatic rings. The van der Waals surface area contributed by atoms with Gasteiger partial charge >= 0.3 is 5.97 Å². The number of ether oxygens (including phenoxy) is 3. The lowest BCUT2D eigenvalue weighted by atomic mass is 9.98. The van der Waals surface area contributed by atoms with Gasteiger partial charge in [-0.05, 0) is 43.5 Å². The fraction of sp³-hybridized carbons (Fsp3) is 0.333. The number of hydrogen-bond acceptors (Lipinski definition) is 5. The van der Waals surface area contributed by atoms with Gasteiger partial charge in [0.15, 0.2) is 22.9 Å². The van der Waals surface area contributed by atoms with Gasteiger partial charge in [0.1, 0.15) is 0 Å². The van der Waals surface area contributed by atoms with Gasteiger partial charge in [-0.2, -0.15) is 0 Å². The molecule has 2 aromatic carbocycles. The third-order valence-electron chi connectivity index (χ3n) is 4.71. The number of Topliss-reactive ketones (excluding diaryl/α,β-unsaturated/α-hetero) is 1. The maximum Gasteiger partial charge on any atom is 0.347 e. The number of ketones is 1. The summed E-state index contributed by atoms with van der Waals surface area (Å²) in [4.78, 5) is 23.5. The molecule has 0 saturated carbocycles. The summed E-state index contributed by atoms with van der Waals surface area (Å²) in [6.07, 6.45) is 1.21. The molecule has 27 heavy (non-hydrogen) atoms. The van der Waals surface area contributed by atoms with Gasteiger partial charge in [-0.25, -0.2) is 4.79 Å². The molecule has 0 unspecified atom stereocenters. The highest BCUT2D eigenvalue weighted by Gasteiger charge is 2.33. The Morgan fingerprint density at radius 1 is 1.00 bits per heavy atom. The first-order valence-electron chi connectivity index (χ1n) is 8.62. The molecule has 0 atom stereocenters. The van der Waals surface area contributed by atoms with Gasteiger partial charge in [0.05, 0.1) is 14.2 Å². The van der Waals surface area contributed by atoms with E-state index >= 15 is 0 Å². The molecule has 0 aliphatic heterocycles. The molecule has 0 radical (unpaired) electrons. The van der Waals surface area contributed by atoms with Crippen LogP contribution in [0.2, 0.25) is 0 Å². The van der Waals surface area contributed by atoms with E-state index in [-0.39, 0.29) is 11.5 Å². The predicted molar refractivity (Wildman–Crippen MR) is 100.0 cm³/mol. The van der Waals surface area contributed by atoms with Crippen LogP contribution in [0.4, 0.5) is 0 Å². The summed E-state index contributed by atoms with van der Waals surface area (Å²) >= 11 is 0. The van der Waals surface area contributed by atoms with E-state index in [9.17, 15) is 14.7 Å². The zero-order chi connectivity index (χ0) is 19.8. The summed E-state index contributed by atoms with van der Waals surface area (Å²) in [5.41, 5.74) is 1.74. The van der Waals surface area contributed by atoms with Gasteiger partial charge in [0.25, 0.3) is 0 Å². The van der Waals surface area contributed by atoms with Crippen molar-refractivity contribution in [2.75, 3.05) is 14.2 Å². The fourth-order valence-electron chi connectivity index (χ4n) is 3.15. The summed E-state index contributed by atoms with van der Waals surface area (Å²) in [6, 6.07) is 9.13. The minimum absolute atomic E-state index is 0.146. The zero-order valence-corrected chi connectivity index (χ0v) is 15.8. The largest absolute Gasteiger partial charge is 0.493 e. The molecule has 0 aromatic heterocycles. The number of carboxylic acid groups (broad SMARTS) is 1. The van der Waals surface area contributed by atoms with Crippen LogP contribution in [-0.4, -0.2) is 36.7 Å². The van der Waals surface area contributed by atoms with E-state index in [4.69, 9.17) is 14.2 Å². The van der Waals surface area contributed by atoms with Crippen molar-refractivity contribution in [3.05, 3.63) is 41.5 Å². The fourth-order valence-corrected chi connectivity index (χ4v) is 3.15. The second-order valence-electron chi connectivity index (χ2n) is 6.89. The average molecular weight is 370 g/mol. The molecule has 142 valence electrons. The number of carbonyl (C=O) groups excluding carboxylic acids is 1. The molecule has 0 saturated heterocycles. The predicted octanol–water partition coefficient (Wildman–Crippen LogP) is 3.74. The number of fused-ring (bicyclic) bond motifs is 1. The molecular formula is C21H22O6. The number of hydrogen-bond donors (Lipinski definition) is 1. The van der Waals surface area contributed by atoms with Gasteiger partial charge in [-0.15, -0.1) is 0 Å². The molecular weight excluding hydrogens is 348 g/mol. The highest BCUT2D eigenvalue weighted by atomic mass is 16.6. The van der Waals surface area contributed by atoms with Crippen LogP contribution in [0.5, 0.6) is 17.2 Å². The van der Waals surface area contributed by atoms with Crippen LogP contribution in [0.25, 0.3) is 11.1 Å². The summed E-state index contributed by atoms with van der Waals surface area (Å²) in [6.45, 7) is 2.94. The zero-order valence-electron chi connectivity index (χ0n) is 15.8. The number of rotatable bonds is 6. The Balaban J connectivity index is 2.18. The van der Waals surface area contributed by atoms with Crippen LogP contribution in [-0.2, 0) is 11.2 Å². The molecule has 0 fully saturated rings. The van der Waals surface area contributed by atoms with Gasteiger partial charge in [-0.3, -0.25) is 4.79 Å². The lowest BCUT2D eigenvalue weighted by Crippen LogP contribution is -2.38. The molecule has 0 heterocycles. The summed E-state index contributed by atoms with van der Waals surface area (Å²) in [7, 11) is 2.98. The van der Waals surface area contributed by atoms with Crippen LogP contribution in [0.1, 0.15) is 36.2 Å². The summed E-state index contributed by atoms with van der Waals surface area (Å²) in [5.74, 6) is 0.0911. The highest BCUT2D eigenvalue weighted by Crippen LogP contribution is 2.46. The van der Waals surface area contributed by atoms with E-state index in [1.807, 2.05) is 18.2 Å². The molecule has 3 rings (SSSR count). The smallest absolute Gasteiger partial charge is 0.347 e. The van der Waals surface area contributed by atoms with Crippen molar-refractivity contribution in [2.45, 2.75) is 32.3 Å². The van der Waals surface area contributed by atoms with E-state index < -0.39 is 11.6 Å². The van der Waals surface area contributed by atoms with Crippen molar-refractivity contribution in [1.29, 1.82) is 0 Å². The number of aryl methyl sites for hydroxylation is 1. The minimum Gasteiger partial charge on any atom is -0.493 e. The van der Waals surface area contributed by atoms with E-state index in [0.717, 1.165) is 16.7 Å². The topological polar surface area (TPSA) is 82.1 Å². The Morgan fingerprint density at radius 3 is 2.33 bits per heavy atom. The SMILES string of the molecule is COc1ccc(-c2ccc3c(c2)CCC3=O)c(OC(C)(C)C(=O)O)c1OC. The van der Waals surface area contributed by atoms with Gasteiger partial charge in [0.2, 0.25) is 5.75 Å². The lowest BCUT2D eigenvalue weighted by Gasteiger charge is -2.26. The van der Waals surface area contributed by atoms with Crippen molar-refractivity contribution in [2.24, 2.45) is 0 Å². The number of methoxy groups -OCH3 is 2. The lowest BCUT2D eigenvalue weighted by molar-refractivity contribution is -0.152. The summed E-state index contributed by atoms with van der Waals surface area (Å²) < 4.78 is 16.7. The van der Waals surface area contributed by atoms with Crippen molar-refractivity contribution in [3.63, 3.8) is 0 Å². The standard InChI is InChI=1S/C21H22O6/c1-21(2,20(23)24)27-18-15(8-10-17(25-3)19(18)26-4)13-5-7-14-12(11-13)6-9-16(14)22/h5,7-8,10-11H,6,9H2,1-4H3,(H,23,24). The van der Waals surface area contributed by atoms with Crippen molar-refractivity contribution in [3.8, 4) is 28.4 Å². The first-order chi connectivity index (χ1) is 12.8. The number of aliphatic carboxylic acids is 1. The Hall–Kier alpha value is -3.02. The molecule has 1 aliphatic carbocycles. The van der Waals surface area contributed by atoms with E-state index in [1.54, 1.807) is 12.1 Å². The highest BCUT2D eigenvalue weighted by molar-refractivity contribution is 6.01. The van der Waals surface area contributed by atoms with Crippen LogP contribution in [0.3, 0.4) is 0 Å². The molecule has 0 bridgehead atoms. The number of benzene rings is 2. The Labute approximate surface area is 157 Å². The number of carboxylic acids is 1. The quantitative estimate of drug-likeness (QED) is 0.834.